The van der Waals surface area contributed by atoms with E-state index in [4.69, 9.17) is 10.5 Å². The summed E-state index contributed by atoms with van der Waals surface area (Å²) in [4.78, 5) is 11.7. The Balaban J connectivity index is 2.65. The first kappa shape index (κ1) is 13.7. The molecule has 0 saturated carbocycles. The highest BCUT2D eigenvalue weighted by Gasteiger charge is 2.07. The lowest BCUT2D eigenvalue weighted by Crippen LogP contribution is -2.25. The van der Waals surface area contributed by atoms with Gasteiger partial charge in [-0.25, -0.2) is 0 Å². The number of carbonyl (C=O) groups is 1. The number of nitrogens with two attached hydrogens (primary N) is 1. The largest absolute Gasteiger partial charge is 0.492 e. The Morgan fingerprint density at radius 2 is 2.29 bits per heavy atom. The van der Waals surface area contributed by atoms with Gasteiger partial charge in [-0.1, -0.05) is 0 Å². The van der Waals surface area contributed by atoms with Gasteiger partial charge in [0.05, 0.1) is 12.3 Å². The molecule has 0 aromatic heterocycles. The summed E-state index contributed by atoms with van der Waals surface area (Å²) in [7, 11) is 0. The number of hydrogen-bond acceptors (Lipinski definition) is 4. The lowest BCUT2D eigenvalue weighted by Gasteiger charge is -2.09. The van der Waals surface area contributed by atoms with Crippen molar-refractivity contribution in [3.63, 3.8) is 0 Å². The molecule has 0 radical (unpaired) electrons. The Labute approximate surface area is 106 Å². The van der Waals surface area contributed by atoms with Crippen LogP contribution in [0.5, 0.6) is 5.75 Å². The average molecular weight is 254 g/mol. The van der Waals surface area contributed by atoms with E-state index in [1.807, 2.05) is 13.2 Å². The van der Waals surface area contributed by atoms with Crippen LogP contribution in [0.25, 0.3) is 0 Å². The second kappa shape index (κ2) is 7.06. The zero-order chi connectivity index (χ0) is 12.7. The Morgan fingerprint density at radius 1 is 1.53 bits per heavy atom. The first-order valence-electron chi connectivity index (χ1n) is 5.48. The highest BCUT2D eigenvalue weighted by molar-refractivity contribution is 7.98. The van der Waals surface area contributed by atoms with E-state index < -0.39 is 0 Å². The molecular formula is C12H18N2O2S. The third-order valence-electron chi connectivity index (χ3n) is 2.16. The molecule has 0 saturated heterocycles. The molecule has 1 rings (SSSR count). The molecule has 0 heterocycles. The topological polar surface area (TPSA) is 64.3 Å². The van der Waals surface area contributed by atoms with E-state index in [9.17, 15) is 4.79 Å². The van der Waals surface area contributed by atoms with Gasteiger partial charge in [0.25, 0.3) is 5.91 Å². The number of anilines is 1. The van der Waals surface area contributed by atoms with Crippen molar-refractivity contribution < 1.29 is 9.53 Å². The predicted molar refractivity (Wildman–Crippen MR) is 72.7 cm³/mol. The zero-order valence-electron chi connectivity index (χ0n) is 10.2. The summed E-state index contributed by atoms with van der Waals surface area (Å²) in [5.41, 5.74) is 6.84. The third kappa shape index (κ3) is 4.19. The van der Waals surface area contributed by atoms with Crippen molar-refractivity contribution in [1.29, 1.82) is 0 Å². The summed E-state index contributed by atoms with van der Waals surface area (Å²) in [6.07, 6.45) is 2.00. The van der Waals surface area contributed by atoms with Gasteiger partial charge in [0, 0.05) is 17.9 Å². The van der Waals surface area contributed by atoms with Crippen LogP contribution in [0.15, 0.2) is 18.2 Å². The van der Waals surface area contributed by atoms with Gasteiger partial charge >= 0.3 is 0 Å². The SMILES string of the molecule is CCOc1ccc(C(=O)NCCSC)cc1N. The maximum absolute atomic E-state index is 11.7. The number of rotatable bonds is 6. The van der Waals surface area contributed by atoms with E-state index in [0.29, 0.717) is 30.2 Å². The van der Waals surface area contributed by atoms with E-state index in [1.165, 1.54) is 0 Å². The molecule has 0 aliphatic carbocycles. The van der Waals surface area contributed by atoms with E-state index in [2.05, 4.69) is 5.32 Å². The molecule has 17 heavy (non-hydrogen) atoms. The molecule has 1 aromatic rings. The fourth-order valence-electron chi connectivity index (χ4n) is 1.35. The van der Waals surface area contributed by atoms with Crippen LogP contribution in [0.2, 0.25) is 0 Å². The zero-order valence-corrected chi connectivity index (χ0v) is 11.0. The number of hydrogen-bond donors (Lipinski definition) is 2. The monoisotopic (exact) mass is 254 g/mol. The standard InChI is InChI=1S/C12H18N2O2S/c1-3-16-11-5-4-9(8-10(11)13)12(15)14-6-7-17-2/h4-5,8H,3,6-7,13H2,1-2H3,(H,14,15). The molecule has 94 valence electrons. The number of ether oxygens (including phenoxy) is 1. The molecule has 1 aromatic carbocycles. The quantitative estimate of drug-likeness (QED) is 0.600. The van der Waals surface area contributed by atoms with Crippen molar-refractivity contribution in [2.75, 3.05) is 30.9 Å². The fourth-order valence-corrected chi connectivity index (χ4v) is 1.65. The van der Waals surface area contributed by atoms with Gasteiger partial charge in [0.1, 0.15) is 5.75 Å². The smallest absolute Gasteiger partial charge is 0.251 e. The van der Waals surface area contributed by atoms with E-state index in [0.717, 1.165) is 5.75 Å². The van der Waals surface area contributed by atoms with Gasteiger partial charge in [0.15, 0.2) is 0 Å². The van der Waals surface area contributed by atoms with Crippen LogP contribution in [0, 0.1) is 0 Å². The highest BCUT2D eigenvalue weighted by Crippen LogP contribution is 2.22. The van der Waals surface area contributed by atoms with Crippen LogP contribution in [0.1, 0.15) is 17.3 Å². The molecule has 0 aliphatic rings. The molecule has 0 aliphatic heterocycles. The van der Waals surface area contributed by atoms with Gasteiger partial charge in [0.2, 0.25) is 0 Å². The third-order valence-corrected chi connectivity index (χ3v) is 2.78. The lowest BCUT2D eigenvalue weighted by atomic mass is 10.2. The van der Waals surface area contributed by atoms with Crippen molar-refractivity contribution in [3.05, 3.63) is 23.8 Å². The van der Waals surface area contributed by atoms with Crippen LogP contribution in [0.3, 0.4) is 0 Å². The van der Waals surface area contributed by atoms with Crippen LogP contribution in [-0.2, 0) is 0 Å². The van der Waals surface area contributed by atoms with Gasteiger partial charge in [-0.15, -0.1) is 0 Å². The maximum atomic E-state index is 11.7. The fraction of sp³-hybridized carbons (Fsp3) is 0.417. The summed E-state index contributed by atoms with van der Waals surface area (Å²) < 4.78 is 5.31. The van der Waals surface area contributed by atoms with Crippen molar-refractivity contribution >= 4 is 23.4 Å². The van der Waals surface area contributed by atoms with Crippen molar-refractivity contribution in [3.8, 4) is 5.75 Å². The molecule has 0 unspecified atom stereocenters. The van der Waals surface area contributed by atoms with E-state index >= 15 is 0 Å². The minimum Gasteiger partial charge on any atom is -0.492 e. The van der Waals surface area contributed by atoms with Gasteiger partial charge in [-0.05, 0) is 31.4 Å². The molecule has 4 nitrogen and oxygen atoms in total. The summed E-state index contributed by atoms with van der Waals surface area (Å²) in [5.74, 6) is 1.42. The minimum atomic E-state index is -0.103. The van der Waals surface area contributed by atoms with Crippen molar-refractivity contribution in [1.82, 2.24) is 5.32 Å². The Bertz CT molecular complexity index is 383. The minimum absolute atomic E-state index is 0.103. The highest BCUT2D eigenvalue weighted by atomic mass is 32.2. The maximum Gasteiger partial charge on any atom is 0.251 e. The van der Waals surface area contributed by atoms with Crippen LogP contribution >= 0.6 is 11.8 Å². The summed E-state index contributed by atoms with van der Waals surface area (Å²) in [6, 6.07) is 5.08. The van der Waals surface area contributed by atoms with Gasteiger partial charge in [-0.2, -0.15) is 11.8 Å². The molecule has 0 spiro atoms. The number of benzene rings is 1. The van der Waals surface area contributed by atoms with Crippen LogP contribution < -0.4 is 15.8 Å². The normalized spacial score (nSPS) is 10.0. The first-order valence-corrected chi connectivity index (χ1v) is 6.88. The van der Waals surface area contributed by atoms with Crippen molar-refractivity contribution in [2.24, 2.45) is 0 Å². The molecule has 1 amide bonds. The Kier molecular flexibility index (Phi) is 5.69. The van der Waals surface area contributed by atoms with Gasteiger partial charge in [-0.3, -0.25) is 4.79 Å². The summed E-state index contributed by atoms with van der Waals surface area (Å²) >= 11 is 1.69. The Hall–Kier alpha value is -1.36. The number of nitrogens with one attached hydrogen (secondary N) is 1. The van der Waals surface area contributed by atoms with Crippen LogP contribution in [0.4, 0.5) is 5.69 Å². The molecule has 3 N–H and O–H groups in total. The molecule has 0 atom stereocenters. The molecular weight excluding hydrogens is 236 g/mol. The lowest BCUT2D eigenvalue weighted by molar-refractivity contribution is 0.0956. The second-order valence-corrected chi connectivity index (χ2v) is 4.42. The Morgan fingerprint density at radius 3 is 2.88 bits per heavy atom. The van der Waals surface area contributed by atoms with Crippen molar-refractivity contribution in [2.45, 2.75) is 6.92 Å². The number of nitrogen functional groups attached to an aromatic ring is 1. The first-order chi connectivity index (χ1) is 8.19. The molecule has 0 fully saturated rings. The summed E-state index contributed by atoms with van der Waals surface area (Å²) in [5, 5.41) is 2.82. The number of carbonyl (C=O) groups excluding carboxylic acids is 1. The van der Waals surface area contributed by atoms with Gasteiger partial charge < -0.3 is 15.8 Å². The second-order valence-electron chi connectivity index (χ2n) is 3.43. The molecule has 0 bridgehead atoms. The van der Waals surface area contributed by atoms with E-state index in [1.54, 1.807) is 30.0 Å². The predicted octanol–water partition coefficient (Wildman–Crippen LogP) is 1.76. The van der Waals surface area contributed by atoms with Crippen LogP contribution in [-0.4, -0.2) is 31.1 Å². The molecule has 5 heteroatoms. The number of thioether (sulfide) groups is 1. The number of amides is 1. The summed E-state index contributed by atoms with van der Waals surface area (Å²) in [6.45, 7) is 3.11. The average Bonchev–Trinajstić information content (AvgIpc) is 2.32. The van der Waals surface area contributed by atoms with E-state index in [-0.39, 0.29) is 5.91 Å².